The first kappa shape index (κ1) is 23.2. The quantitative estimate of drug-likeness (QED) is 0.441. The van der Waals surface area contributed by atoms with Crippen LogP contribution < -0.4 is 0 Å². The predicted molar refractivity (Wildman–Crippen MR) is 132 cm³/mol. The number of hydrogen-bond donors (Lipinski definition) is 0. The zero-order chi connectivity index (χ0) is 22.9. The highest BCUT2D eigenvalue weighted by atomic mass is 35.5. The minimum Gasteiger partial charge on any atom is -0.280 e. The summed E-state index contributed by atoms with van der Waals surface area (Å²) in [6, 6.07) is 15.7. The van der Waals surface area contributed by atoms with Crippen LogP contribution >= 0.6 is 23.8 Å². The van der Waals surface area contributed by atoms with Gasteiger partial charge in [0.15, 0.2) is 15.7 Å². The van der Waals surface area contributed by atoms with Crippen molar-refractivity contribution in [2.24, 2.45) is 0 Å². The molecule has 1 fully saturated rings. The highest BCUT2D eigenvalue weighted by Gasteiger charge is 2.32. The first-order valence-electron chi connectivity index (χ1n) is 10.7. The van der Waals surface area contributed by atoms with Crippen LogP contribution in [0, 0.1) is 11.7 Å². The third kappa shape index (κ3) is 4.98. The number of nitrogens with zero attached hydrogens (tertiary/aromatic N) is 4. The van der Waals surface area contributed by atoms with Crippen LogP contribution in [-0.4, -0.2) is 51.8 Å². The zero-order valence-corrected chi connectivity index (χ0v) is 20.6. The van der Waals surface area contributed by atoms with Gasteiger partial charge in [0.1, 0.15) is 0 Å². The SMILES string of the molecule is CCCN(Cn1nc(-c2ccc(C)cc2)n(-c2ccc(Cl)cc2)c1=S)[C@H]1CCS(=O)(=O)C1. The topological polar surface area (TPSA) is 60.1 Å². The summed E-state index contributed by atoms with van der Waals surface area (Å²) in [5.74, 6) is 1.19. The van der Waals surface area contributed by atoms with Crippen LogP contribution in [0.15, 0.2) is 48.5 Å². The second-order valence-electron chi connectivity index (χ2n) is 8.29. The van der Waals surface area contributed by atoms with Crippen LogP contribution in [0.25, 0.3) is 17.1 Å². The van der Waals surface area contributed by atoms with Crippen molar-refractivity contribution < 1.29 is 8.42 Å². The van der Waals surface area contributed by atoms with E-state index in [1.807, 2.05) is 47.9 Å². The summed E-state index contributed by atoms with van der Waals surface area (Å²) < 4.78 is 28.5. The fraction of sp³-hybridized carbons (Fsp3) is 0.391. The van der Waals surface area contributed by atoms with Crippen molar-refractivity contribution in [1.82, 2.24) is 19.2 Å². The van der Waals surface area contributed by atoms with E-state index < -0.39 is 9.84 Å². The minimum atomic E-state index is -2.97. The number of sulfone groups is 1. The first-order chi connectivity index (χ1) is 15.3. The number of halogens is 1. The smallest absolute Gasteiger partial charge is 0.204 e. The Labute approximate surface area is 199 Å². The Hall–Kier alpha value is -2.00. The molecule has 170 valence electrons. The van der Waals surface area contributed by atoms with Crippen LogP contribution in [0.1, 0.15) is 25.3 Å². The van der Waals surface area contributed by atoms with Crippen molar-refractivity contribution in [2.45, 2.75) is 39.4 Å². The average Bonchev–Trinajstić information content (AvgIpc) is 3.28. The van der Waals surface area contributed by atoms with Gasteiger partial charge in [-0.1, -0.05) is 48.4 Å². The Morgan fingerprint density at radius 1 is 1.16 bits per heavy atom. The second-order valence-corrected chi connectivity index (χ2v) is 11.3. The zero-order valence-electron chi connectivity index (χ0n) is 18.2. The molecule has 0 bridgehead atoms. The molecule has 1 aliphatic heterocycles. The molecule has 0 spiro atoms. The highest BCUT2D eigenvalue weighted by Crippen LogP contribution is 2.25. The molecule has 1 aromatic heterocycles. The number of aromatic nitrogens is 3. The Bertz CT molecular complexity index is 1250. The van der Waals surface area contributed by atoms with Crippen molar-refractivity contribution in [1.29, 1.82) is 0 Å². The van der Waals surface area contributed by atoms with E-state index in [-0.39, 0.29) is 17.5 Å². The van der Waals surface area contributed by atoms with E-state index >= 15 is 0 Å². The van der Waals surface area contributed by atoms with Gasteiger partial charge in [0.05, 0.1) is 23.9 Å². The van der Waals surface area contributed by atoms with Gasteiger partial charge in [0.2, 0.25) is 4.77 Å². The van der Waals surface area contributed by atoms with Gasteiger partial charge >= 0.3 is 0 Å². The minimum absolute atomic E-state index is 0.00893. The molecular formula is C23H27ClN4O2S2. The second kappa shape index (κ2) is 9.47. The molecule has 0 amide bonds. The van der Waals surface area contributed by atoms with Crippen molar-refractivity contribution in [3.05, 3.63) is 63.9 Å². The fourth-order valence-electron chi connectivity index (χ4n) is 4.10. The van der Waals surface area contributed by atoms with E-state index in [0.29, 0.717) is 22.9 Å². The molecule has 1 saturated heterocycles. The summed E-state index contributed by atoms with van der Waals surface area (Å²) in [5, 5.41) is 5.54. The first-order valence-corrected chi connectivity index (χ1v) is 13.4. The van der Waals surface area contributed by atoms with E-state index in [1.54, 1.807) is 4.68 Å². The molecule has 0 aliphatic carbocycles. The molecule has 0 unspecified atom stereocenters. The molecule has 3 aromatic rings. The lowest BCUT2D eigenvalue weighted by Gasteiger charge is -2.27. The third-order valence-corrected chi connectivity index (χ3v) is 8.18. The molecule has 1 aliphatic rings. The Morgan fingerprint density at radius 3 is 2.44 bits per heavy atom. The normalized spacial score (nSPS) is 17.8. The van der Waals surface area contributed by atoms with E-state index in [1.165, 1.54) is 5.56 Å². The highest BCUT2D eigenvalue weighted by molar-refractivity contribution is 7.91. The van der Waals surface area contributed by atoms with Gasteiger partial charge in [-0.15, -0.1) is 5.10 Å². The monoisotopic (exact) mass is 490 g/mol. The lowest BCUT2D eigenvalue weighted by atomic mass is 10.1. The standard InChI is InChI=1S/C23H27ClN4O2S2/c1-3-13-26(21-12-14-32(29,30)15-21)16-27-23(31)28(20-10-8-19(24)9-11-20)22(25-27)18-6-4-17(2)5-7-18/h4-11,21H,3,12-16H2,1-2H3/t21-/m0/s1. The summed E-state index contributed by atoms with van der Waals surface area (Å²) in [6.07, 6.45) is 1.57. The molecule has 32 heavy (non-hydrogen) atoms. The van der Waals surface area contributed by atoms with Gasteiger partial charge in [-0.05, 0) is 62.8 Å². The molecular weight excluding hydrogens is 464 g/mol. The molecule has 1 atom stereocenters. The van der Waals surface area contributed by atoms with E-state index in [2.05, 4.69) is 24.0 Å². The van der Waals surface area contributed by atoms with Crippen molar-refractivity contribution in [3.63, 3.8) is 0 Å². The lowest BCUT2D eigenvalue weighted by Crippen LogP contribution is -2.38. The van der Waals surface area contributed by atoms with Crippen LogP contribution in [0.2, 0.25) is 5.02 Å². The van der Waals surface area contributed by atoms with Crippen molar-refractivity contribution in [2.75, 3.05) is 18.1 Å². The molecule has 0 N–H and O–H groups in total. The van der Waals surface area contributed by atoms with Crippen LogP contribution in [0.4, 0.5) is 0 Å². The largest absolute Gasteiger partial charge is 0.280 e. The average molecular weight is 491 g/mol. The Morgan fingerprint density at radius 2 is 1.84 bits per heavy atom. The van der Waals surface area contributed by atoms with E-state index in [0.717, 1.165) is 30.0 Å². The number of benzene rings is 2. The maximum Gasteiger partial charge on any atom is 0.204 e. The third-order valence-electron chi connectivity index (χ3n) is 5.79. The maximum atomic E-state index is 12.1. The fourth-order valence-corrected chi connectivity index (χ4v) is 6.28. The van der Waals surface area contributed by atoms with E-state index in [4.69, 9.17) is 28.9 Å². The van der Waals surface area contributed by atoms with E-state index in [9.17, 15) is 8.42 Å². The van der Waals surface area contributed by atoms with Gasteiger partial charge in [-0.3, -0.25) is 9.47 Å². The summed E-state index contributed by atoms with van der Waals surface area (Å²) in [4.78, 5) is 2.19. The summed E-state index contributed by atoms with van der Waals surface area (Å²) in [7, 11) is -2.97. The maximum absolute atomic E-state index is 12.1. The molecule has 6 nitrogen and oxygen atoms in total. The van der Waals surface area contributed by atoms with Gasteiger partial charge in [0.25, 0.3) is 0 Å². The van der Waals surface area contributed by atoms with Crippen LogP contribution in [0.3, 0.4) is 0 Å². The molecule has 9 heteroatoms. The number of hydrogen-bond acceptors (Lipinski definition) is 5. The summed E-state index contributed by atoms with van der Waals surface area (Å²) in [5.41, 5.74) is 3.01. The molecule has 2 aromatic carbocycles. The lowest BCUT2D eigenvalue weighted by molar-refractivity contribution is 0.155. The predicted octanol–water partition coefficient (Wildman–Crippen LogP) is 4.89. The van der Waals surface area contributed by atoms with Crippen molar-refractivity contribution in [3.8, 4) is 17.1 Å². The molecule has 2 heterocycles. The Kier molecular flexibility index (Phi) is 6.86. The number of aryl methyl sites for hydroxylation is 1. The molecule has 4 rings (SSSR count). The van der Waals surface area contributed by atoms with Gasteiger partial charge in [-0.2, -0.15) is 0 Å². The summed E-state index contributed by atoms with van der Waals surface area (Å²) >= 11 is 12.0. The van der Waals surface area contributed by atoms with Gasteiger partial charge in [-0.25, -0.2) is 13.1 Å². The Balaban J connectivity index is 1.77. The molecule has 0 saturated carbocycles. The van der Waals surface area contributed by atoms with Gasteiger partial charge < -0.3 is 0 Å². The molecule has 0 radical (unpaired) electrons. The number of rotatable bonds is 7. The van der Waals surface area contributed by atoms with Gasteiger partial charge in [0, 0.05) is 16.6 Å². The van der Waals surface area contributed by atoms with Crippen molar-refractivity contribution >= 4 is 33.7 Å². The summed E-state index contributed by atoms with van der Waals surface area (Å²) in [6.45, 7) is 5.38. The van der Waals surface area contributed by atoms with Crippen LogP contribution in [-0.2, 0) is 16.5 Å². The van der Waals surface area contributed by atoms with Crippen LogP contribution in [0.5, 0.6) is 0 Å².